The van der Waals surface area contributed by atoms with E-state index in [-0.39, 0.29) is 0 Å². The fourth-order valence-corrected chi connectivity index (χ4v) is 1.85. The Kier molecular flexibility index (Phi) is 2.30. The van der Waals surface area contributed by atoms with E-state index in [0.717, 1.165) is 6.42 Å². The van der Waals surface area contributed by atoms with Gasteiger partial charge < -0.3 is 10.7 Å². The van der Waals surface area contributed by atoms with E-state index in [1.54, 1.807) is 0 Å². The number of hydrogen-bond donors (Lipinski definition) is 2. The lowest BCUT2D eigenvalue weighted by molar-refractivity contribution is 0.939. The largest absolute Gasteiger partial charge is 0.358 e. The Bertz CT molecular complexity index is 416. The van der Waals surface area contributed by atoms with Crippen LogP contribution in [0.25, 0.3) is 10.9 Å². The Hall–Kier alpha value is -1.28. The van der Waals surface area contributed by atoms with Crippen molar-refractivity contribution in [1.29, 1.82) is 0 Å². The molecule has 0 aliphatic carbocycles. The third-order valence-corrected chi connectivity index (χ3v) is 2.69. The van der Waals surface area contributed by atoms with Crippen LogP contribution in [0.2, 0.25) is 0 Å². The van der Waals surface area contributed by atoms with Crippen LogP contribution in [0.3, 0.4) is 0 Å². The van der Waals surface area contributed by atoms with Gasteiger partial charge in [0.05, 0.1) is 0 Å². The van der Waals surface area contributed by atoms with E-state index in [4.69, 9.17) is 5.73 Å². The summed E-state index contributed by atoms with van der Waals surface area (Å²) < 4.78 is 0. The molecule has 1 aromatic heterocycles. The fourth-order valence-electron chi connectivity index (χ4n) is 1.85. The molecule has 3 N–H and O–H groups in total. The van der Waals surface area contributed by atoms with Crippen LogP contribution in [0.5, 0.6) is 0 Å². The van der Waals surface area contributed by atoms with Crippen molar-refractivity contribution in [2.45, 2.75) is 20.3 Å². The fraction of sp³-hybridized carbons (Fsp3) is 0.333. The van der Waals surface area contributed by atoms with Crippen LogP contribution in [0.1, 0.15) is 16.8 Å². The van der Waals surface area contributed by atoms with Crippen molar-refractivity contribution in [3.05, 3.63) is 35.0 Å². The molecule has 0 atom stereocenters. The number of rotatable bonds is 2. The third kappa shape index (κ3) is 1.42. The SMILES string of the molecule is Cc1ccc(C)c2[nH]c(CCN)cc12. The average molecular weight is 188 g/mol. The number of H-pyrrole nitrogens is 1. The van der Waals surface area contributed by atoms with Gasteiger partial charge in [-0.15, -0.1) is 0 Å². The predicted molar refractivity (Wildman–Crippen MR) is 60.5 cm³/mol. The molecule has 2 aromatic rings. The monoisotopic (exact) mass is 188 g/mol. The summed E-state index contributed by atoms with van der Waals surface area (Å²) in [6.07, 6.45) is 0.924. The molecule has 0 radical (unpaired) electrons. The molecule has 2 heteroatoms. The van der Waals surface area contributed by atoms with Crippen LogP contribution in [0.15, 0.2) is 18.2 Å². The van der Waals surface area contributed by atoms with Gasteiger partial charge in [-0.25, -0.2) is 0 Å². The van der Waals surface area contributed by atoms with Gasteiger partial charge in [-0.3, -0.25) is 0 Å². The van der Waals surface area contributed by atoms with Crippen molar-refractivity contribution in [1.82, 2.24) is 4.98 Å². The average Bonchev–Trinajstić information content (AvgIpc) is 2.57. The van der Waals surface area contributed by atoms with Crippen LogP contribution >= 0.6 is 0 Å². The van der Waals surface area contributed by atoms with E-state index in [2.05, 4.69) is 37.0 Å². The van der Waals surface area contributed by atoms with Crippen molar-refractivity contribution < 1.29 is 0 Å². The standard InChI is InChI=1S/C12H16N2/c1-8-3-4-9(2)12-11(8)7-10(14-12)5-6-13/h3-4,7,14H,5-6,13H2,1-2H3. The molecule has 1 aromatic carbocycles. The highest BCUT2D eigenvalue weighted by Crippen LogP contribution is 2.22. The van der Waals surface area contributed by atoms with Gasteiger partial charge >= 0.3 is 0 Å². The summed E-state index contributed by atoms with van der Waals surface area (Å²) in [4.78, 5) is 3.43. The second-order valence-corrected chi connectivity index (χ2v) is 3.82. The molecule has 0 saturated carbocycles. The molecule has 1 heterocycles. The van der Waals surface area contributed by atoms with Gasteiger partial charge in [-0.05, 0) is 44.0 Å². The first kappa shape index (κ1) is 9.28. The first-order chi connectivity index (χ1) is 6.72. The highest BCUT2D eigenvalue weighted by molar-refractivity contribution is 5.86. The topological polar surface area (TPSA) is 41.8 Å². The molecule has 2 nitrogen and oxygen atoms in total. The lowest BCUT2D eigenvalue weighted by Gasteiger charge is -1.98. The first-order valence-corrected chi connectivity index (χ1v) is 5.00. The summed E-state index contributed by atoms with van der Waals surface area (Å²) in [5.74, 6) is 0. The van der Waals surface area contributed by atoms with Crippen molar-refractivity contribution in [2.24, 2.45) is 5.73 Å². The number of aromatic nitrogens is 1. The Morgan fingerprint density at radius 3 is 2.57 bits per heavy atom. The molecular weight excluding hydrogens is 172 g/mol. The maximum absolute atomic E-state index is 5.54. The molecule has 0 saturated heterocycles. The van der Waals surface area contributed by atoms with Gasteiger partial charge in [0.15, 0.2) is 0 Å². The minimum Gasteiger partial charge on any atom is -0.358 e. The summed E-state index contributed by atoms with van der Waals surface area (Å²) in [6, 6.07) is 6.53. The predicted octanol–water partition coefficient (Wildman–Crippen LogP) is 2.29. The van der Waals surface area contributed by atoms with Crippen molar-refractivity contribution in [2.75, 3.05) is 6.54 Å². The van der Waals surface area contributed by atoms with Crippen molar-refractivity contribution in [3.63, 3.8) is 0 Å². The summed E-state index contributed by atoms with van der Waals surface area (Å²) >= 11 is 0. The van der Waals surface area contributed by atoms with Crippen LogP contribution < -0.4 is 5.73 Å². The normalized spacial score (nSPS) is 11.1. The van der Waals surface area contributed by atoms with Gasteiger partial charge in [-0.1, -0.05) is 12.1 Å². The number of aromatic amines is 1. The Morgan fingerprint density at radius 2 is 1.93 bits per heavy atom. The van der Waals surface area contributed by atoms with E-state index in [1.165, 1.54) is 27.7 Å². The molecule has 0 bridgehead atoms. The second kappa shape index (κ2) is 3.46. The lowest BCUT2D eigenvalue weighted by Crippen LogP contribution is -2.02. The number of hydrogen-bond acceptors (Lipinski definition) is 1. The number of nitrogens with one attached hydrogen (secondary N) is 1. The van der Waals surface area contributed by atoms with E-state index in [0.29, 0.717) is 6.54 Å². The lowest BCUT2D eigenvalue weighted by atomic mass is 10.1. The van der Waals surface area contributed by atoms with Crippen molar-refractivity contribution in [3.8, 4) is 0 Å². The number of nitrogens with two attached hydrogens (primary N) is 1. The van der Waals surface area contributed by atoms with Gasteiger partial charge in [0.1, 0.15) is 0 Å². The molecule has 0 unspecified atom stereocenters. The minimum atomic E-state index is 0.699. The first-order valence-electron chi connectivity index (χ1n) is 5.00. The molecule has 0 spiro atoms. The van der Waals surface area contributed by atoms with Gasteiger partial charge in [-0.2, -0.15) is 0 Å². The Labute approximate surface area is 84.1 Å². The number of fused-ring (bicyclic) bond motifs is 1. The van der Waals surface area contributed by atoms with Crippen LogP contribution in [-0.2, 0) is 6.42 Å². The molecule has 0 aliphatic heterocycles. The molecule has 74 valence electrons. The third-order valence-electron chi connectivity index (χ3n) is 2.69. The van der Waals surface area contributed by atoms with Crippen LogP contribution in [-0.4, -0.2) is 11.5 Å². The zero-order chi connectivity index (χ0) is 10.1. The van der Waals surface area contributed by atoms with Crippen molar-refractivity contribution >= 4 is 10.9 Å². The highest BCUT2D eigenvalue weighted by Gasteiger charge is 2.04. The van der Waals surface area contributed by atoms with E-state index in [9.17, 15) is 0 Å². The molecule has 2 rings (SSSR count). The molecule has 0 amide bonds. The van der Waals surface area contributed by atoms with Crippen LogP contribution in [0.4, 0.5) is 0 Å². The van der Waals surface area contributed by atoms with E-state index >= 15 is 0 Å². The summed E-state index contributed by atoms with van der Waals surface area (Å²) in [7, 11) is 0. The quantitative estimate of drug-likeness (QED) is 0.746. The highest BCUT2D eigenvalue weighted by atomic mass is 14.7. The zero-order valence-corrected chi connectivity index (χ0v) is 8.72. The molecular formula is C12H16N2. The summed E-state index contributed by atoms with van der Waals surface area (Å²) in [5.41, 5.74) is 10.7. The zero-order valence-electron chi connectivity index (χ0n) is 8.72. The molecule has 0 aliphatic rings. The molecule has 14 heavy (non-hydrogen) atoms. The minimum absolute atomic E-state index is 0.699. The smallest absolute Gasteiger partial charge is 0.0488 e. The van der Waals surface area contributed by atoms with E-state index in [1.807, 2.05) is 0 Å². The number of aryl methyl sites for hydroxylation is 2. The summed E-state index contributed by atoms with van der Waals surface area (Å²) in [5, 5.41) is 1.33. The van der Waals surface area contributed by atoms with Gasteiger partial charge in [0.2, 0.25) is 0 Å². The van der Waals surface area contributed by atoms with Gasteiger partial charge in [0, 0.05) is 16.6 Å². The Morgan fingerprint density at radius 1 is 1.21 bits per heavy atom. The maximum Gasteiger partial charge on any atom is 0.0488 e. The Balaban J connectivity index is 2.63. The summed E-state index contributed by atoms with van der Waals surface area (Å²) in [6.45, 7) is 4.97. The van der Waals surface area contributed by atoms with Crippen LogP contribution in [0, 0.1) is 13.8 Å². The molecule has 0 fully saturated rings. The number of benzene rings is 1. The van der Waals surface area contributed by atoms with Gasteiger partial charge in [0.25, 0.3) is 0 Å². The second-order valence-electron chi connectivity index (χ2n) is 3.82. The maximum atomic E-state index is 5.54. The van der Waals surface area contributed by atoms with E-state index < -0.39 is 0 Å².